The van der Waals surface area contributed by atoms with Crippen LogP contribution in [-0.2, 0) is 6.18 Å². The van der Waals surface area contributed by atoms with Gasteiger partial charge < -0.3 is 5.11 Å². The van der Waals surface area contributed by atoms with Gasteiger partial charge in [0.15, 0.2) is 0 Å². The molecule has 0 amide bonds. The quantitative estimate of drug-likeness (QED) is 0.839. The van der Waals surface area contributed by atoms with Gasteiger partial charge in [-0.15, -0.1) is 11.3 Å². The largest absolute Gasteiger partial charge is 0.477 e. The highest BCUT2D eigenvalue weighted by molar-refractivity contribution is 7.12. The van der Waals surface area contributed by atoms with Gasteiger partial charge in [-0.2, -0.15) is 13.2 Å². The molecular weight excluding hydrogens is 284 g/mol. The van der Waals surface area contributed by atoms with Crippen LogP contribution in [0.25, 0.3) is 11.1 Å². The molecule has 0 aliphatic carbocycles. The van der Waals surface area contributed by atoms with E-state index in [1.807, 2.05) is 0 Å². The Labute approximate surface area is 108 Å². The molecule has 0 spiro atoms. The third-order valence-corrected chi connectivity index (χ3v) is 3.35. The van der Waals surface area contributed by atoms with E-state index in [1.165, 1.54) is 11.4 Å². The summed E-state index contributed by atoms with van der Waals surface area (Å²) >= 11 is 0.883. The molecule has 2 rings (SSSR count). The molecule has 19 heavy (non-hydrogen) atoms. The standard InChI is InChI=1S/C12H6F4O2S/c13-9-5-6(12(14,15)16)1-2-7(9)8-3-4-19-10(8)11(17)18/h1-5H,(H,17,18). The highest BCUT2D eigenvalue weighted by atomic mass is 32.1. The topological polar surface area (TPSA) is 37.3 Å². The molecule has 7 heteroatoms. The van der Waals surface area contributed by atoms with E-state index in [9.17, 15) is 22.4 Å². The van der Waals surface area contributed by atoms with Crippen LogP contribution in [0, 0.1) is 5.82 Å². The zero-order chi connectivity index (χ0) is 14.2. The summed E-state index contributed by atoms with van der Waals surface area (Å²) in [5.41, 5.74) is -1.20. The first kappa shape index (κ1) is 13.5. The van der Waals surface area contributed by atoms with Crippen molar-refractivity contribution < 1.29 is 27.5 Å². The summed E-state index contributed by atoms with van der Waals surface area (Å²) in [6.07, 6.45) is -4.64. The van der Waals surface area contributed by atoms with Crippen molar-refractivity contribution in [3.8, 4) is 11.1 Å². The van der Waals surface area contributed by atoms with Crippen LogP contribution >= 0.6 is 11.3 Å². The molecule has 0 saturated carbocycles. The Morgan fingerprint density at radius 2 is 1.84 bits per heavy atom. The molecule has 1 aromatic heterocycles. The minimum atomic E-state index is -4.64. The molecule has 1 heterocycles. The first-order chi connectivity index (χ1) is 8.80. The molecule has 0 saturated heterocycles. The smallest absolute Gasteiger partial charge is 0.416 e. The van der Waals surface area contributed by atoms with E-state index in [4.69, 9.17) is 5.11 Å². The Balaban J connectivity index is 2.53. The van der Waals surface area contributed by atoms with Crippen molar-refractivity contribution in [3.63, 3.8) is 0 Å². The molecule has 2 nitrogen and oxygen atoms in total. The molecule has 100 valence electrons. The van der Waals surface area contributed by atoms with Gasteiger partial charge in [0, 0.05) is 11.1 Å². The molecular formula is C12H6F4O2S. The predicted molar refractivity (Wildman–Crippen MR) is 61.7 cm³/mol. The molecule has 1 N–H and O–H groups in total. The van der Waals surface area contributed by atoms with Crippen LogP contribution in [-0.4, -0.2) is 11.1 Å². The number of halogens is 4. The van der Waals surface area contributed by atoms with Crippen molar-refractivity contribution in [2.45, 2.75) is 6.18 Å². The Kier molecular flexibility index (Phi) is 3.32. The second-order valence-electron chi connectivity index (χ2n) is 3.66. The normalized spacial score (nSPS) is 11.6. The predicted octanol–water partition coefficient (Wildman–Crippen LogP) is 4.27. The molecule has 0 aliphatic rings. The van der Waals surface area contributed by atoms with E-state index < -0.39 is 23.5 Å². The summed E-state index contributed by atoms with van der Waals surface area (Å²) < 4.78 is 50.9. The molecule has 0 aliphatic heterocycles. The number of hydrogen-bond donors (Lipinski definition) is 1. The van der Waals surface area contributed by atoms with E-state index in [-0.39, 0.29) is 16.0 Å². The van der Waals surface area contributed by atoms with Gasteiger partial charge in [0.05, 0.1) is 5.56 Å². The molecule has 0 atom stereocenters. The molecule has 0 radical (unpaired) electrons. The zero-order valence-electron chi connectivity index (χ0n) is 9.16. The second-order valence-corrected chi connectivity index (χ2v) is 4.58. The average Bonchev–Trinajstić information content (AvgIpc) is 2.76. The van der Waals surface area contributed by atoms with E-state index in [0.717, 1.165) is 23.5 Å². The van der Waals surface area contributed by atoms with E-state index in [2.05, 4.69) is 0 Å². The fraction of sp³-hybridized carbons (Fsp3) is 0.0833. The first-order valence-electron chi connectivity index (χ1n) is 4.98. The van der Waals surface area contributed by atoms with Crippen molar-refractivity contribution >= 4 is 17.3 Å². The van der Waals surface area contributed by atoms with Gasteiger partial charge in [-0.25, -0.2) is 9.18 Å². The van der Waals surface area contributed by atoms with E-state index in [1.54, 1.807) is 0 Å². The fourth-order valence-corrected chi connectivity index (χ4v) is 2.34. The number of rotatable bonds is 2. The Bertz CT molecular complexity index is 631. The number of aromatic carboxylic acids is 1. The van der Waals surface area contributed by atoms with Gasteiger partial charge in [0.2, 0.25) is 0 Å². The van der Waals surface area contributed by atoms with Gasteiger partial charge in [-0.3, -0.25) is 0 Å². The van der Waals surface area contributed by atoms with Crippen LogP contribution in [0.4, 0.5) is 17.6 Å². The van der Waals surface area contributed by atoms with Crippen molar-refractivity contribution in [2.75, 3.05) is 0 Å². The molecule has 1 aromatic carbocycles. The number of benzene rings is 1. The van der Waals surface area contributed by atoms with Gasteiger partial charge >= 0.3 is 12.1 Å². The average molecular weight is 290 g/mol. The van der Waals surface area contributed by atoms with Gasteiger partial charge in [-0.05, 0) is 23.6 Å². The SMILES string of the molecule is O=C(O)c1sccc1-c1ccc(C(F)(F)F)cc1F. The van der Waals surface area contributed by atoms with Crippen LogP contribution in [0.3, 0.4) is 0 Å². The first-order valence-corrected chi connectivity index (χ1v) is 5.86. The second kappa shape index (κ2) is 4.65. The number of hydrogen-bond acceptors (Lipinski definition) is 2. The molecule has 0 fully saturated rings. The van der Waals surface area contributed by atoms with Gasteiger partial charge in [0.1, 0.15) is 10.7 Å². The monoisotopic (exact) mass is 290 g/mol. The number of alkyl halides is 3. The number of carboxylic acid groups (broad SMARTS) is 1. The third-order valence-electron chi connectivity index (χ3n) is 2.45. The van der Waals surface area contributed by atoms with Crippen molar-refractivity contribution in [2.24, 2.45) is 0 Å². The van der Waals surface area contributed by atoms with Crippen LogP contribution in [0.1, 0.15) is 15.2 Å². The summed E-state index contributed by atoms with van der Waals surface area (Å²) in [6, 6.07) is 3.38. The minimum absolute atomic E-state index is 0.0729. The lowest BCUT2D eigenvalue weighted by atomic mass is 10.0. The Hall–Kier alpha value is -1.89. The van der Waals surface area contributed by atoms with Crippen LogP contribution in [0.5, 0.6) is 0 Å². The number of thiophene rings is 1. The lowest BCUT2D eigenvalue weighted by molar-refractivity contribution is -0.137. The summed E-state index contributed by atoms with van der Waals surface area (Å²) in [5.74, 6) is -2.35. The maximum absolute atomic E-state index is 13.7. The number of carboxylic acids is 1. The highest BCUT2D eigenvalue weighted by Crippen LogP contribution is 2.35. The maximum Gasteiger partial charge on any atom is 0.416 e. The van der Waals surface area contributed by atoms with Crippen molar-refractivity contribution in [1.29, 1.82) is 0 Å². The molecule has 2 aromatic rings. The van der Waals surface area contributed by atoms with Crippen LogP contribution in [0.15, 0.2) is 29.6 Å². The minimum Gasteiger partial charge on any atom is -0.477 e. The fourth-order valence-electron chi connectivity index (χ4n) is 1.60. The lowest BCUT2D eigenvalue weighted by Gasteiger charge is -2.09. The number of carbonyl (C=O) groups is 1. The highest BCUT2D eigenvalue weighted by Gasteiger charge is 2.31. The Morgan fingerprint density at radius 1 is 1.16 bits per heavy atom. The van der Waals surface area contributed by atoms with E-state index >= 15 is 0 Å². The van der Waals surface area contributed by atoms with Crippen molar-refractivity contribution in [3.05, 3.63) is 45.9 Å². The maximum atomic E-state index is 13.7. The zero-order valence-corrected chi connectivity index (χ0v) is 9.98. The van der Waals surface area contributed by atoms with Crippen LogP contribution < -0.4 is 0 Å². The summed E-state index contributed by atoms with van der Waals surface area (Å²) in [7, 11) is 0. The third kappa shape index (κ3) is 2.60. The van der Waals surface area contributed by atoms with Gasteiger partial charge in [-0.1, -0.05) is 6.07 Å². The Morgan fingerprint density at radius 3 is 2.37 bits per heavy atom. The van der Waals surface area contributed by atoms with Crippen molar-refractivity contribution in [1.82, 2.24) is 0 Å². The summed E-state index contributed by atoms with van der Waals surface area (Å²) in [6.45, 7) is 0. The van der Waals surface area contributed by atoms with E-state index in [0.29, 0.717) is 6.07 Å². The summed E-state index contributed by atoms with van der Waals surface area (Å²) in [5, 5.41) is 10.3. The van der Waals surface area contributed by atoms with Crippen LogP contribution in [0.2, 0.25) is 0 Å². The molecule has 0 bridgehead atoms. The lowest BCUT2D eigenvalue weighted by Crippen LogP contribution is -2.05. The molecule has 0 unspecified atom stereocenters. The van der Waals surface area contributed by atoms with Gasteiger partial charge in [0.25, 0.3) is 0 Å². The summed E-state index contributed by atoms with van der Waals surface area (Å²) in [4.78, 5) is 10.8.